The molecular weight excluding hydrogens is 670 g/mol. The fourth-order valence-corrected chi connectivity index (χ4v) is 6.95. The molecule has 2 fully saturated rings. The van der Waals surface area contributed by atoms with Gasteiger partial charge in [-0.1, -0.05) is 24.1 Å². The van der Waals surface area contributed by atoms with E-state index < -0.39 is 18.3 Å². The van der Waals surface area contributed by atoms with Crippen molar-refractivity contribution in [1.29, 1.82) is 0 Å². The Morgan fingerprint density at radius 1 is 0.980 bits per heavy atom. The number of amides is 1. The average Bonchev–Trinajstić information content (AvgIpc) is 3.11. The molecule has 1 saturated heterocycles. The number of piperidine rings is 1. The highest BCUT2D eigenvalue weighted by molar-refractivity contribution is 6.30. The number of ether oxygens (including phenoxy) is 5. The topological polar surface area (TPSA) is 143 Å². The Hall–Kier alpha value is -2.72. The number of hydrogen-bond donors (Lipinski definition) is 3. The van der Waals surface area contributed by atoms with E-state index in [0.717, 1.165) is 67.9 Å². The Morgan fingerprint density at radius 3 is 2.52 bits per heavy atom. The summed E-state index contributed by atoms with van der Waals surface area (Å²) in [5.74, 6) is 1.57. The monoisotopic (exact) mass is 721 g/mol. The number of β-amino-alcohol motifs (C(OH)–C–C–N with tert-alkyl or cyclic N) is 1. The number of anilines is 1. The molecular formula is C36H52ClN3O10. The highest BCUT2D eigenvalue weighted by Crippen LogP contribution is 2.34. The lowest BCUT2D eigenvalue weighted by Crippen LogP contribution is -2.59. The normalized spacial score (nSPS) is 23.8. The highest BCUT2D eigenvalue weighted by atomic mass is 35.5. The highest BCUT2D eigenvalue weighted by Gasteiger charge is 2.41. The molecule has 3 N–H and O–H groups in total. The van der Waals surface area contributed by atoms with Crippen LogP contribution in [0.15, 0.2) is 42.5 Å². The summed E-state index contributed by atoms with van der Waals surface area (Å²) in [6.07, 6.45) is 4.24. The van der Waals surface area contributed by atoms with E-state index in [1.54, 1.807) is 12.0 Å². The quantitative estimate of drug-likeness (QED) is 0.141. The third kappa shape index (κ3) is 11.7. The molecule has 3 aliphatic rings. The third-order valence-electron chi connectivity index (χ3n) is 9.46. The molecule has 0 aromatic heterocycles. The van der Waals surface area contributed by atoms with E-state index in [1.807, 2.05) is 36.4 Å². The van der Waals surface area contributed by atoms with Gasteiger partial charge in [-0.2, -0.15) is 0 Å². The first-order valence-electron chi connectivity index (χ1n) is 17.7. The second-order valence-corrected chi connectivity index (χ2v) is 13.6. The molecule has 2 aliphatic heterocycles. The number of carbonyl (C=O) groups excluding carboxylic acids is 1. The molecule has 3 atom stereocenters. The van der Waals surface area contributed by atoms with E-state index in [-0.39, 0.29) is 43.3 Å². The number of carbonyl (C=O) groups is 1. The van der Waals surface area contributed by atoms with Gasteiger partial charge in [0.25, 0.3) is 0 Å². The molecule has 13 nitrogen and oxygen atoms in total. The Bertz CT molecular complexity index is 1310. The number of fused-ring (bicyclic) bond motifs is 1. The molecule has 1 saturated carbocycles. The molecule has 14 heteroatoms. The zero-order valence-electron chi connectivity index (χ0n) is 28.9. The molecule has 2 heterocycles. The van der Waals surface area contributed by atoms with Gasteiger partial charge in [-0.15, -0.1) is 0 Å². The van der Waals surface area contributed by atoms with Crippen molar-refractivity contribution in [2.45, 2.75) is 94.9 Å². The van der Waals surface area contributed by atoms with E-state index in [1.165, 1.54) is 0 Å². The third-order valence-corrected chi connectivity index (χ3v) is 9.71. The van der Waals surface area contributed by atoms with Crippen LogP contribution < -0.4 is 14.4 Å². The first kappa shape index (κ1) is 38.5. The molecule has 5 rings (SSSR count). The summed E-state index contributed by atoms with van der Waals surface area (Å²) in [6, 6.07) is 13.5. The number of rotatable bonds is 18. The maximum absolute atomic E-state index is 13.3. The van der Waals surface area contributed by atoms with Gasteiger partial charge in [-0.05, 0) is 86.9 Å². The lowest BCUT2D eigenvalue weighted by molar-refractivity contribution is -0.492. The number of unbranched alkanes of at least 4 members (excludes halogenated alkanes) is 2. The standard InChI is InChI=1S/C36H52ClN3O10/c1-45-19-5-17-38-18-21-46-33-16-7-26(22-31(33)38)25-47-34-24-39(35(42)6-3-2-4-20-48-40(43)44)23-32(41)36(34)50-30-14-12-29(13-15-30)49-28-10-8-27(37)9-11-28/h7-11,16,22,29-30,32,34,36,41,43-44H,2-6,12-15,17-21,23-25H2,1H3. The minimum absolute atomic E-state index is 0.0643. The van der Waals surface area contributed by atoms with Gasteiger partial charge in [-0.25, -0.2) is 0 Å². The molecule has 1 aliphatic carbocycles. The van der Waals surface area contributed by atoms with Crippen LogP contribution in [0.4, 0.5) is 5.69 Å². The van der Waals surface area contributed by atoms with Crippen molar-refractivity contribution in [3.8, 4) is 11.5 Å². The molecule has 0 radical (unpaired) electrons. The summed E-state index contributed by atoms with van der Waals surface area (Å²) in [5.41, 5.74) is 1.99. The molecule has 2 aromatic carbocycles. The van der Waals surface area contributed by atoms with Gasteiger partial charge in [0.2, 0.25) is 5.91 Å². The lowest BCUT2D eigenvalue weighted by atomic mass is 9.93. The molecule has 0 spiro atoms. The van der Waals surface area contributed by atoms with E-state index in [9.17, 15) is 9.90 Å². The average molecular weight is 722 g/mol. The predicted molar refractivity (Wildman–Crippen MR) is 185 cm³/mol. The molecule has 2 aromatic rings. The summed E-state index contributed by atoms with van der Waals surface area (Å²) in [4.78, 5) is 21.8. The molecule has 278 valence electrons. The number of aliphatic hydroxyl groups excluding tert-OH is 1. The van der Waals surface area contributed by atoms with E-state index in [0.29, 0.717) is 50.5 Å². The minimum Gasteiger partial charge on any atom is -0.490 e. The van der Waals surface area contributed by atoms with E-state index in [4.69, 9.17) is 45.7 Å². The second kappa shape index (κ2) is 19.8. The first-order chi connectivity index (χ1) is 24.3. The van der Waals surface area contributed by atoms with Gasteiger partial charge in [0.05, 0.1) is 43.0 Å². The number of nitrogens with zero attached hydrogens (tertiary/aromatic N) is 3. The van der Waals surface area contributed by atoms with Gasteiger partial charge >= 0.3 is 0 Å². The number of likely N-dealkylation sites (tertiary alicyclic amines) is 1. The molecule has 3 unspecified atom stereocenters. The van der Waals surface area contributed by atoms with Crippen molar-refractivity contribution in [2.75, 3.05) is 58.0 Å². The fraction of sp³-hybridized carbons (Fsp3) is 0.639. The van der Waals surface area contributed by atoms with Crippen LogP contribution in [0.2, 0.25) is 5.02 Å². The van der Waals surface area contributed by atoms with Gasteiger partial charge in [0.1, 0.15) is 36.4 Å². The summed E-state index contributed by atoms with van der Waals surface area (Å²) in [7, 11) is 1.71. The maximum Gasteiger partial charge on any atom is 0.222 e. The van der Waals surface area contributed by atoms with Crippen LogP contribution in [0.1, 0.15) is 63.4 Å². The Morgan fingerprint density at radius 2 is 1.76 bits per heavy atom. The van der Waals surface area contributed by atoms with Crippen LogP contribution in [0, 0.1) is 0 Å². The molecule has 50 heavy (non-hydrogen) atoms. The minimum atomic E-state index is -0.914. The van der Waals surface area contributed by atoms with Crippen molar-refractivity contribution in [3.63, 3.8) is 0 Å². The van der Waals surface area contributed by atoms with E-state index >= 15 is 0 Å². The second-order valence-electron chi connectivity index (χ2n) is 13.2. The largest absolute Gasteiger partial charge is 0.490 e. The van der Waals surface area contributed by atoms with Crippen LogP contribution in [-0.2, 0) is 30.4 Å². The van der Waals surface area contributed by atoms with Crippen LogP contribution >= 0.6 is 11.6 Å². The summed E-state index contributed by atoms with van der Waals surface area (Å²) in [6.45, 7) is 3.86. The maximum atomic E-state index is 13.3. The zero-order chi connectivity index (χ0) is 35.3. The molecule has 1 amide bonds. The Labute approximate surface area is 299 Å². The number of benzene rings is 2. The van der Waals surface area contributed by atoms with E-state index in [2.05, 4.69) is 15.8 Å². The summed E-state index contributed by atoms with van der Waals surface area (Å²) >= 11 is 6.02. The Kier molecular flexibility index (Phi) is 15.2. The van der Waals surface area contributed by atoms with Crippen molar-refractivity contribution >= 4 is 23.2 Å². The number of aliphatic hydroxyl groups is 1. The lowest BCUT2D eigenvalue weighted by Gasteiger charge is -2.43. The smallest absolute Gasteiger partial charge is 0.222 e. The van der Waals surface area contributed by atoms with Gasteiger partial charge in [0.15, 0.2) is 0 Å². The van der Waals surface area contributed by atoms with Crippen LogP contribution in [0.5, 0.6) is 11.5 Å². The van der Waals surface area contributed by atoms with Gasteiger partial charge < -0.3 is 38.6 Å². The van der Waals surface area contributed by atoms with Crippen LogP contribution in [0.3, 0.4) is 0 Å². The SMILES string of the molecule is COCCCN1CCOc2ccc(COC3CN(C(=O)CCCCCON(O)O)CC(O)C3OC3CCC(Oc4ccc(Cl)cc4)CC3)cc21. The summed E-state index contributed by atoms with van der Waals surface area (Å²) < 4.78 is 30.5. The molecule has 0 bridgehead atoms. The van der Waals surface area contributed by atoms with Crippen molar-refractivity contribution in [2.24, 2.45) is 0 Å². The fourth-order valence-electron chi connectivity index (χ4n) is 6.82. The summed E-state index contributed by atoms with van der Waals surface area (Å²) in [5, 5.41) is 29.1. The van der Waals surface area contributed by atoms with Gasteiger partial charge in [0, 0.05) is 44.8 Å². The number of halogens is 1. The van der Waals surface area contributed by atoms with Gasteiger partial charge in [-0.3, -0.25) is 20.0 Å². The Balaban J connectivity index is 1.20. The number of methoxy groups -OCH3 is 1. The van der Waals surface area contributed by atoms with Crippen LogP contribution in [-0.4, -0.2) is 115 Å². The zero-order valence-corrected chi connectivity index (χ0v) is 29.6. The van der Waals surface area contributed by atoms with Crippen molar-refractivity contribution < 1.29 is 48.8 Å². The number of hydrogen-bond acceptors (Lipinski definition) is 12. The van der Waals surface area contributed by atoms with Crippen LogP contribution in [0.25, 0.3) is 0 Å². The van der Waals surface area contributed by atoms with Crippen molar-refractivity contribution in [1.82, 2.24) is 10.3 Å². The first-order valence-corrected chi connectivity index (χ1v) is 18.1. The van der Waals surface area contributed by atoms with Crippen molar-refractivity contribution in [3.05, 3.63) is 53.1 Å². The predicted octanol–water partition coefficient (Wildman–Crippen LogP) is 5.01.